The normalized spacial score (nSPS) is 9.57. The Bertz CT molecular complexity index is 698. The summed E-state index contributed by atoms with van der Waals surface area (Å²) in [4.78, 5) is 11.9. The van der Waals surface area contributed by atoms with Gasteiger partial charge in [0.15, 0.2) is 0 Å². The molecule has 0 spiro atoms. The van der Waals surface area contributed by atoms with Gasteiger partial charge in [-0.15, -0.1) is 0 Å². The number of carbonyl (C=O) groups excluding carboxylic acids is 1. The molecule has 2 rings (SSSR count). The molecule has 2 aromatic rings. The molecule has 0 aliphatic rings. The number of carbonyl (C=O) groups is 1. The van der Waals surface area contributed by atoms with Crippen molar-refractivity contribution in [2.45, 2.75) is 6.42 Å². The molecule has 2 aromatic carbocycles. The third-order valence-electron chi connectivity index (χ3n) is 2.73. The molecule has 0 heterocycles. The highest BCUT2D eigenvalue weighted by atomic mass is 16.3. The third-order valence-corrected chi connectivity index (χ3v) is 2.73. The average Bonchev–Trinajstić information content (AvgIpc) is 2.45. The number of hydrogen-bond donors (Lipinski definition) is 3. The summed E-state index contributed by atoms with van der Waals surface area (Å²) in [6, 6.07) is 13.7. The van der Waals surface area contributed by atoms with Crippen molar-refractivity contribution in [1.29, 1.82) is 0 Å². The van der Waals surface area contributed by atoms with E-state index in [9.17, 15) is 9.90 Å². The Morgan fingerprint density at radius 1 is 1.14 bits per heavy atom. The van der Waals surface area contributed by atoms with Crippen molar-refractivity contribution in [3.05, 3.63) is 59.7 Å². The van der Waals surface area contributed by atoms with Crippen molar-refractivity contribution in [3.8, 4) is 17.6 Å². The number of anilines is 1. The summed E-state index contributed by atoms with van der Waals surface area (Å²) in [5, 5.41) is 20.8. The lowest BCUT2D eigenvalue weighted by Gasteiger charge is -2.06. The zero-order valence-electron chi connectivity index (χ0n) is 11.3. The van der Waals surface area contributed by atoms with Crippen LogP contribution in [0.1, 0.15) is 11.1 Å². The van der Waals surface area contributed by atoms with Crippen LogP contribution in [0.3, 0.4) is 0 Å². The molecular weight excluding hydrogens is 266 g/mol. The first kappa shape index (κ1) is 14.6. The second-order valence-corrected chi connectivity index (χ2v) is 4.44. The molecule has 0 saturated carbocycles. The Morgan fingerprint density at radius 3 is 2.71 bits per heavy atom. The fourth-order valence-corrected chi connectivity index (χ4v) is 1.87. The van der Waals surface area contributed by atoms with Gasteiger partial charge >= 0.3 is 0 Å². The molecule has 0 aromatic heterocycles. The van der Waals surface area contributed by atoms with Crippen LogP contribution >= 0.6 is 0 Å². The smallest absolute Gasteiger partial charge is 0.228 e. The predicted molar refractivity (Wildman–Crippen MR) is 80.8 cm³/mol. The van der Waals surface area contributed by atoms with Crippen LogP contribution in [0.4, 0.5) is 5.69 Å². The lowest BCUT2D eigenvalue weighted by Crippen LogP contribution is -2.14. The summed E-state index contributed by atoms with van der Waals surface area (Å²) in [6.45, 7) is -0.200. The second-order valence-electron chi connectivity index (χ2n) is 4.44. The van der Waals surface area contributed by atoms with Gasteiger partial charge in [0, 0.05) is 11.3 Å². The van der Waals surface area contributed by atoms with Crippen LogP contribution in [0, 0.1) is 11.8 Å². The molecule has 0 aliphatic carbocycles. The minimum atomic E-state index is -0.200. The Hall–Kier alpha value is -2.77. The SMILES string of the molecule is O=C(Cc1cccc(O)c1)Nc1cccc(C#CCO)c1. The first-order chi connectivity index (χ1) is 10.2. The second kappa shape index (κ2) is 7.13. The number of amides is 1. The number of aliphatic hydroxyl groups is 1. The molecule has 0 bridgehead atoms. The van der Waals surface area contributed by atoms with Crippen LogP contribution in [-0.2, 0) is 11.2 Å². The molecule has 21 heavy (non-hydrogen) atoms. The Kier molecular flexibility index (Phi) is 4.97. The number of phenols is 1. The lowest BCUT2D eigenvalue weighted by molar-refractivity contribution is -0.115. The minimum Gasteiger partial charge on any atom is -0.508 e. The molecule has 0 atom stereocenters. The van der Waals surface area contributed by atoms with Gasteiger partial charge in [-0.3, -0.25) is 4.79 Å². The number of rotatable bonds is 3. The van der Waals surface area contributed by atoms with Crippen molar-refractivity contribution in [3.63, 3.8) is 0 Å². The van der Waals surface area contributed by atoms with Crippen LogP contribution in [0.2, 0.25) is 0 Å². The maximum atomic E-state index is 11.9. The van der Waals surface area contributed by atoms with E-state index in [0.29, 0.717) is 5.69 Å². The van der Waals surface area contributed by atoms with E-state index >= 15 is 0 Å². The van der Waals surface area contributed by atoms with Crippen molar-refractivity contribution in [2.75, 3.05) is 11.9 Å². The number of benzene rings is 2. The van der Waals surface area contributed by atoms with E-state index in [4.69, 9.17) is 5.11 Å². The van der Waals surface area contributed by atoms with Crippen LogP contribution in [0.15, 0.2) is 48.5 Å². The standard InChI is InChI=1S/C17H15NO3/c19-9-3-6-13-4-1-7-15(10-13)18-17(21)12-14-5-2-8-16(20)11-14/h1-2,4-5,7-8,10-11,19-20H,9,12H2,(H,18,21). The van der Waals surface area contributed by atoms with Crippen molar-refractivity contribution in [2.24, 2.45) is 0 Å². The molecule has 4 nitrogen and oxygen atoms in total. The predicted octanol–water partition coefficient (Wildman–Crippen LogP) is 1.92. The summed E-state index contributed by atoms with van der Waals surface area (Å²) in [6.07, 6.45) is 0.181. The highest BCUT2D eigenvalue weighted by Crippen LogP contribution is 2.13. The summed E-state index contributed by atoms with van der Waals surface area (Å²) in [5.74, 6) is 5.30. The molecule has 0 radical (unpaired) electrons. The van der Waals surface area contributed by atoms with E-state index in [0.717, 1.165) is 11.1 Å². The summed E-state index contributed by atoms with van der Waals surface area (Å²) >= 11 is 0. The number of nitrogens with one attached hydrogen (secondary N) is 1. The summed E-state index contributed by atoms with van der Waals surface area (Å²) in [7, 11) is 0. The molecule has 106 valence electrons. The maximum absolute atomic E-state index is 11.9. The van der Waals surface area contributed by atoms with E-state index in [1.165, 1.54) is 0 Å². The van der Waals surface area contributed by atoms with Gasteiger partial charge in [-0.25, -0.2) is 0 Å². The molecule has 3 N–H and O–H groups in total. The van der Waals surface area contributed by atoms with E-state index in [2.05, 4.69) is 17.2 Å². The van der Waals surface area contributed by atoms with E-state index < -0.39 is 0 Å². The molecule has 1 amide bonds. The van der Waals surface area contributed by atoms with Crippen LogP contribution in [0.25, 0.3) is 0 Å². The summed E-state index contributed by atoms with van der Waals surface area (Å²) in [5.41, 5.74) is 2.10. The molecular formula is C17H15NO3. The molecule has 0 fully saturated rings. The van der Waals surface area contributed by atoms with Gasteiger partial charge in [-0.1, -0.05) is 30.0 Å². The van der Waals surface area contributed by atoms with Gasteiger partial charge in [-0.2, -0.15) is 0 Å². The Morgan fingerprint density at radius 2 is 1.95 bits per heavy atom. The summed E-state index contributed by atoms with van der Waals surface area (Å²) < 4.78 is 0. The lowest BCUT2D eigenvalue weighted by atomic mass is 10.1. The molecule has 0 aliphatic heterocycles. The largest absolute Gasteiger partial charge is 0.508 e. The zero-order valence-corrected chi connectivity index (χ0v) is 11.3. The van der Waals surface area contributed by atoms with E-state index in [-0.39, 0.29) is 24.7 Å². The van der Waals surface area contributed by atoms with Gasteiger partial charge < -0.3 is 15.5 Å². The van der Waals surface area contributed by atoms with E-state index in [1.807, 2.05) is 0 Å². The quantitative estimate of drug-likeness (QED) is 0.753. The first-order valence-electron chi connectivity index (χ1n) is 6.45. The topological polar surface area (TPSA) is 69.6 Å². The monoisotopic (exact) mass is 281 g/mol. The fraction of sp³-hybridized carbons (Fsp3) is 0.118. The van der Waals surface area contributed by atoms with Gasteiger partial charge in [0.05, 0.1) is 6.42 Å². The highest BCUT2D eigenvalue weighted by molar-refractivity contribution is 5.92. The first-order valence-corrected chi connectivity index (χ1v) is 6.45. The number of aliphatic hydroxyl groups excluding tert-OH is 1. The molecule has 0 saturated heterocycles. The maximum Gasteiger partial charge on any atom is 0.228 e. The number of phenolic OH excluding ortho intramolecular Hbond substituents is 1. The molecule has 0 unspecified atom stereocenters. The van der Waals surface area contributed by atoms with Gasteiger partial charge in [0.2, 0.25) is 5.91 Å². The van der Waals surface area contributed by atoms with E-state index in [1.54, 1.807) is 48.5 Å². The highest BCUT2D eigenvalue weighted by Gasteiger charge is 2.05. The zero-order chi connectivity index (χ0) is 15.1. The average molecular weight is 281 g/mol. The fourth-order valence-electron chi connectivity index (χ4n) is 1.87. The van der Waals surface area contributed by atoms with Crippen molar-refractivity contribution < 1.29 is 15.0 Å². The minimum absolute atomic E-state index is 0.140. The van der Waals surface area contributed by atoms with Crippen molar-refractivity contribution >= 4 is 11.6 Å². The van der Waals surface area contributed by atoms with Crippen molar-refractivity contribution in [1.82, 2.24) is 0 Å². The number of hydrogen-bond acceptors (Lipinski definition) is 3. The van der Waals surface area contributed by atoms with Gasteiger partial charge in [0.1, 0.15) is 12.4 Å². The Balaban J connectivity index is 2.02. The van der Waals surface area contributed by atoms with Crippen LogP contribution < -0.4 is 5.32 Å². The third kappa shape index (κ3) is 4.68. The van der Waals surface area contributed by atoms with Crippen LogP contribution in [0.5, 0.6) is 5.75 Å². The number of aromatic hydroxyl groups is 1. The van der Waals surface area contributed by atoms with Crippen LogP contribution in [-0.4, -0.2) is 22.7 Å². The van der Waals surface area contributed by atoms with Gasteiger partial charge in [-0.05, 0) is 35.9 Å². The van der Waals surface area contributed by atoms with Gasteiger partial charge in [0.25, 0.3) is 0 Å². The Labute approximate surface area is 123 Å². The molecule has 4 heteroatoms.